The number of fused-ring (bicyclic) bond motifs is 1. The second-order valence-corrected chi connectivity index (χ2v) is 9.72. The predicted octanol–water partition coefficient (Wildman–Crippen LogP) is 2.67. The van der Waals surface area contributed by atoms with Crippen molar-refractivity contribution < 1.29 is 19.1 Å². The van der Waals surface area contributed by atoms with Crippen LogP contribution in [0.5, 0.6) is 0 Å². The maximum absolute atomic E-state index is 13.2. The van der Waals surface area contributed by atoms with E-state index in [2.05, 4.69) is 26.7 Å². The first-order valence-electron chi connectivity index (χ1n) is 12.0. The minimum Gasteiger partial charge on any atom is -0.383 e. The van der Waals surface area contributed by atoms with E-state index in [1.165, 1.54) is 18.2 Å². The van der Waals surface area contributed by atoms with Gasteiger partial charge >= 0.3 is 6.03 Å². The molecule has 1 saturated heterocycles. The van der Waals surface area contributed by atoms with Crippen molar-refractivity contribution in [1.82, 2.24) is 14.9 Å². The van der Waals surface area contributed by atoms with Crippen LogP contribution in [0.3, 0.4) is 0 Å². The van der Waals surface area contributed by atoms with Gasteiger partial charge in [-0.3, -0.25) is 19.8 Å². The zero-order valence-corrected chi connectivity index (χ0v) is 21.6. The van der Waals surface area contributed by atoms with Crippen molar-refractivity contribution >= 4 is 47.3 Å². The van der Waals surface area contributed by atoms with E-state index in [0.717, 1.165) is 17.7 Å². The molecule has 0 unspecified atom stereocenters. The number of pyridine rings is 2. The first-order chi connectivity index (χ1) is 18.0. The average molecular weight is 524 g/mol. The number of carbonyl (C=O) groups excluding carboxylic acids is 3. The summed E-state index contributed by atoms with van der Waals surface area (Å²) >= 11 is 1.68. The van der Waals surface area contributed by atoms with Crippen LogP contribution >= 0.6 is 11.8 Å². The van der Waals surface area contributed by atoms with Crippen molar-refractivity contribution in [2.24, 2.45) is 0 Å². The fourth-order valence-corrected chi connectivity index (χ4v) is 4.81. The van der Waals surface area contributed by atoms with Crippen LogP contribution in [0.25, 0.3) is 0 Å². The number of urea groups is 1. The molecule has 4 heterocycles. The summed E-state index contributed by atoms with van der Waals surface area (Å²) in [7, 11) is 1.51. The number of anilines is 3. The zero-order chi connectivity index (χ0) is 26.4. The number of nitrogens with one attached hydrogen (secondary N) is 2. The number of aromatic nitrogens is 2. The van der Waals surface area contributed by atoms with E-state index >= 15 is 0 Å². The summed E-state index contributed by atoms with van der Waals surface area (Å²) in [6, 6.07) is 5.18. The van der Waals surface area contributed by atoms with Crippen molar-refractivity contribution in [3.63, 3.8) is 0 Å². The lowest BCUT2D eigenvalue weighted by atomic mass is 10.0. The number of nitriles is 1. The van der Waals surface area contributed by atoms with E-state index in [1.807, 2.05) is 12.3 Å². The fourth-order valence-electron chi connectivity index (χ4n) is 4.50. The van der Waals surface area contributed by atoms with Gasteiger partial charge in [0.05, 0.1) is 11.3 Å². The van der Waals surface area contributed by atoms with Gasteiger partial charge in [-0.05, 0) is 30.7 Å². The molecule has 0 bridgehead atoms. The normalized spacial score (nSPS) is 16.8. The molecule has 2 aliphatic heterocycles. The summed E-state index contributed by atoms with van der Waals surface area (Å²) in [5, 5.41) is 15.4. The third kappa shape index (κ3) is 5.84. The zero-order valence-electron chi connectivity index (χ0n) is 20.8. The Balaban J connectivity index is 1.53. The molecule has 0 spiro atoms. The molecule has 0 radical (unpaired) electrons. The number of hydrogen-bond acceptors (Lipinski definition) is 9. The Morgan fingerprint density at radius 1 is 1.38 bits per heavy atom. The van der Waals surface area contributed by atoms with E-state index in [1.54, 1.807) is 22.7 Å². The van der Waals surface area contributed by atoms with Gasteiger partial charge in [-0.25, -0.2) is 14.8 Å². The van der Waals surface area contributed by atoms with Gasteiger partial charge in [0, 0.05) is 63.3 Å². The minimum atomic E-state index is -0.457. The SMILES string of the molecule is CO[C@H]1CCN(Cc2cc3c(nc2C=O)N(C(=O)Nc2cc(NCCSC)c(C#N)cn2)CCC3)C1=O. The molecule has 2 aromatic rings. The van der Waals surface area contributed by atoms with Gasteiger partial charge in [0.2, 0.25) is 0 Å². The molecule has 4 rings (SSSR count). The highest BCUT2D eigenvalue weighted by atomic mass is 32.2. The average Bonchev–Trinajstić information content (AvgIpc) is 3.26. The minimum absolute atomic E-state index is 0.102. The highest BCUT2D eigenvalue weighted by Crippen LogP contribution is 2.29. The van der Waals surface area contributed by atoms with Gasteiger partial charge < -0.3 is 15.0 Å². The molecule has 0 saturated carbocycles. The number of carbonyl (C=O) groups is 3. The van der Waals surface area contributed by atoms with E-state index in [4.69, 9.17) is 4.74 Å². The van der Waals surface area contributed by atoms with Gasteiger partial charge in [0.25, 0.3) is 5.91 Å². The molecule has 0 aliphatic carbocycles. The van der Waals surface area contributed by atoms with Crippen LogP contribution in [0.4, 0.5) is 22.1 Å². The number of thioether (sulfide) groups is 1. The number of aldehydes is 1. The monoisotopic (exact) mass is 523 g/mol. The summed E-state index contributed by atoms with van der Waals surface area (Å²) in [6.45, 7) is 1.91. The lowest BCUT2D eigenvalue weighted by Crippen LogP contribution is -2.40. The number of methoxy groups -OCH3 is 1. The van der Waals surface area contributed by atoms with E-state index in [9.17, 15) is 19.6 Å². The standard InChI is InChI=1S/C25H29N7O4S/c1-36-21-5-8-31(24(21)34)14-17-10-16-4-3-7-32(23(16)29-20(17)15-33)25(35)30-22-11-19(27-6-9-37-2)18(12-26)13-28-22/h10-11,13,15,21H,3-9,14H2,1-2H3,(H2,27,28,30,35)/t21-/m0/s1. The van der Waals surface area contributed by atoms with Crippen LogP contribution in [0.2, 0.25) is 0 Å². The Morgan fingerprint density at radius 3 is 2.92 bits per heavy atom. The van der Waals surface area contributed by atoms with E-state index < -0.39 is 12.1 Å². The Labute approximate surface area is 219 Å². The molecular formula is C25H29N7O4S. The van der Waals surface area contributed by atoms with E-state index in [0.29, 0.717) is 67.2 Å². The summed E-state index contributed by atoms with van der Waals surface area (Å²) in [5.41, 5.74) is 2.67. The second kappa shape index (κ2) is 12.0. The lowest BCUT2D eigenvalue weighted by Gasteiger charge is -2.29. The fraction of sp³-hybridized carbons (Fsp3) is 0.440. The molecule has 37 heavy (non-hydrogen) atoms. The molecule has 2 aliphatic rings. The van der Waals surface area contributed by atoms with Crippen molar-refractivity contribution in [2.75, 3.05) is 54.3 Å². The molecule has 194 valence electrons. The quantitative estimate of drug-likeness (QED) is 0.375. The molecular weight excluding hydrogens is 494 g/mol. The maximum Gasteiger partial charge on any atom is 0.328 e. The maximum atomic E-state index is 13.2. The van der Waals surface area contributed by atoms with Gasteiger partial charge in [0.1, 0.15) is 29.5 Å². The molecule has 11 nitrogen and oxygen atoms in total. The third-order valence-corrected chi connectivity index (χ3v) is 7.02. The molecule has 2 aromatic heterocycles. The van der Waals surface area contributed by atoms with Gasteiger partial charge in [0.15, 0.2) is 6.29 Å². The molecule has 3 amide bonds. The summed E-state index contributed by atoms with van der Waals surface area (Å²) < 4.78 is 5.22. The predicted molar refractivity (Wildman–Crippen MR) is 141 cm³/mol. The topological polar surface area (TPSA) is 141 Å². The number of likely N-dealkylation sites (tertiary alicyclic amines) is 1. The van der Waals surface area contributed by atoms with Crippen molar-refractivity contribution in [2.45, 2.75) is 31.9 Å². The Bertz CT molecular complexity index is 1230. The largest absolute Gasteiger partial charge is 0.383 e. The number of nitrogens with zero attached hydrogens (tertiary/aromatic N) is 5. The van der Waals surface area contributed by atoms with Crippen LogP contribution < -0.4 is 15.5 Å². The van der Waals surface area contributed by atoms with Gasteiger partial charge in [-0.15, -0.1) is 0 Å². The first-order valence-corrected chi connectivity index (χ1v) is 13.4. The summed E-state index contributed by atoms with van der Waals surface area (Å²) in [5.74, 6) is 1.49. The summed E-state index contributed by atoms with van der Waals surface area (Å²) in [6.07, 6.45) is 5.65. The highest BCUT2D eigenvalue weighted by molar-refractivity contribution is 7.98. The number of amides is 3. The second-order valence-electron chi connectivity index (χ2n) is 8.74. The Hall–Kier alpha value is -3.69. The Kier molecular flexibility index (Phi) is 8.58. The number of ether oxygens (including phenoxy) is 1. The van der Waals surface area contributed by atoms with E-state index in [-0.39, 0.29) is 18.1 Å². The van der Waals surface area contributed by atoms with Crippen molar-refractivity contribution in [3.05, 3.63) is 40.7 Å². The number of rotatable bonds is 9. The molecule has 2 N–H and O–H groups in total. The molecule has 0 aromatic carbocycles. The van der Waals surface area contributed by atoms with Crippen molar-refractivity contribution in [3.8, 4) is 6.07 Å². The molecule has 1 fully saturated rings. The van der Waals surface area contributed by atoms with Gasteiger partial charge in [-0.2, -0.15) is 17.0 Å². The van der Waals surface area contributed by atoms with Crippen LogP contribution in [0.15, 0.2) is 18.3 Å². The molecule has 12 heteroatoms. The molecule has 1 atom stereocenters. The highest BCUT2D eigenvalue weighted by Gasteiger charge is 2.33. The van der Waals surface area contributed by atoms with Crippen LogP contribution in [-0.4, -0.2) is 77.9 Å². The summed E-state index contributed by atoms with van der Waals surface area (Å²) in [4.78, 5) is 49.5. The van der Waals surface area contributed by atoms with Crippen LogP contribution in [0, 0.1) is 11.3 Å². The number of aryl methyl sites for hydroxylation is 1. The first kappa shape index (κ1) is 26.4. The number of hydrogen-bond donors (Lipinski definition) is 2. The van der Waals surface area contributed by atoms with Crippen LogP contribution in [0.1, 0.15) is 40.0 Å². The van der Waals surface area contributed by atoms with Crippen molar-refractivity contribution in [1.29, 1.82) is 5.26 Å². The lowest BCUT2D eigenvalue weighted by molar-refractivity contribution is -0.136. The smallest absolute Gasteiger partial charge is 0.328 e. The van der Waals surface area contributed by atoms with Crippen LogP contribution in [-0.2, 0) is 22.5 Å². The Morgan fingerprint density at radius 2 is 2.22 bits per heavy atom. The van der Waals surface area contributed by atoms with Gasteiger partial charge in [-0.1, -0.05) is 0 Å². The third-order valence-electron chi connectivity index (χ3n) is 6.41.